The Kier molecular flexibility index (Phi) is 8.32. The fourth-order valence-electron chi connectivity index (χ4n) is 4.99. The molecule has 2 aromatic rings. The van der Waals surface area contributed by atoms with Crippen LogP contribution < -0.4 is 14.2 Å². The second-order valence-electron chi connectivity index (χ2n) is 9.06. The van der Waals surface area contributed by atoms with Gasteiger partial charge in [-0.05, 0) is 48.2 Å². The summed E-state index contributed by atoms with van der Waals surface area (Å²) in [6.07, 6.45) is 1.55. The van der Waals surface area contributed by atoms with Crippen molar-refractivity contribution in [3.05, 3.63) is 53.6 Å². The van der Waals surface area contributed by atoms with Gasteiger partial charge in [0, 0.05) is 25.0 Å². The third-order valence-corrected chi connectivity index (χ3v) is 6.66. The number of fused-ring (bicyclic) bond motifs is 1. The maximum atomic E-state index is 13.3. The van der Waals surface area contributed by atoms with E-state index in [1.807, 2.05) is 61.2 Å². The summed E-state index contributed by atoms with van der Waals surface area (Å²) in [5.41, 5.74) is 1.66. The van der Waals surface area contributed by atoms with E-state index >= 15 is 0 Å². The van der Waals surface area contributed by atoms with Crippen LogP contribution in [0, 0.1) is 5.92 Å². The van der Waals surface area contributed by atoms with Crippen molar-refractivity contribution in [1.82, 2.24) is 9.96 Å². The van der Waals surface area contributed by atoms with Crippen LogP contribution in [-0.2, 0) is 14.4 Å². The summed E-state index contributed by atoms with van der Waals surface area (Å²) in [6.45, 7) is 5.49. The molecule has 0 aliphatic carbocycles. The van der Waals surface area contributed by atoms with E-state index in [9.17, 15) is 14.7 Å². The Morgan fingerprint density at radius 1 is 1.06 bits per heavy atom. The number of carbonyl (C=O) groups is 2. The predicted molar refractivity (Wildman–Crippen MR) is 132 cm³/mol. The molecule has 4 rings (SSSR count). The lowest BCUT2D eigenvalue weighted by Crippen LogP contribution is -2.41. The van der Waals surface area contributed by atoms with Crippen LogP contribution in [0.3, 0.4) is 0 Å². The van der Waals surface area contributed by atoms with Crippen LogP contribution in [0.15, 0.2) is 42.5 Å². The molecule has 0 radical (unpaired) electrons. The summed E-state index contributed by atoms with van der Waals surface area (Å²) >= 11 is 0. The molecule has 36 heavy (non-hydrogen) atoms. The first-order chi connectivity index (χ1) is 17.5. The van der Waals surface area contributed by atoms with Gasteiger partial charge in [-0.2, -0.15) is 0 Å². The van der Waals surface area contributed by atoms with E-state index in [0.717, 1.165) is 24.0 Å². The molecular weight excluding hydrogens is 464 g/mol. The highest BCUT2D eigenvalue weighted by Gasteiger charge is 2.48. The van der Waals surface area contributed by atoms with Gasteiger partial charge in [-0.1, -0.05) is 32.0 Å². The van der Waals surface area contributed by atoms with Crippen molar-refractivity contribution < 1.29 is 33.7 Å². The van der Waals surface area contributed by atoms with Crippen molar-refractivity contribution in [3.8, 4) is 17.2 Å². The van der Waals surface area contributed by atoms with Crippen LogP contribution in [0.25, 0.3) is 0 Å². The van der Waals surface area contributed by atoms with Crippen molar-refractivity contribution in [2.24, 2.45) is 5.92 Å². The summed E-state index contributed by atoms with van der Waals surface area (Å²) in [7, 11) is 1.59. The average Bonchev–Trinajstić information content (AvgIpc) is 3.50. The molecular formula is C27H34N2O7. The number of methoxy groups -OCH3 is 1. The fraction of sp³-hybridized carbons (Fsp3) is 0.481. The van der Waals surface area contributed by atoms with Gasteiger partial charge in [-0.25, -0.2) is 5.06 Å². The van der Waals surface area contributed by atoms with Crippen molar-refractivity contribution in [3.63, 3.8) is 0 Å². The first kappa shape index (κ1) is 25.8. The van der Waals surface area contributed by atoms with E-state index in [0.29, 0.717) is 36.9 Å². The smallest absolute Gasteiger partial charge is 0.309 e. The van der Waals surface area contributed by atoms with Gasteiger partial charge in [0.1, 0.15) is 5.75 Å². The molecule has 1 amide bonds. The zero-order valence-electron chi connectivity index (χ0n) is 21.0. The van der Waals surface area contributed by atoms with Crippen LogP contribution in [-0.4, -0.2) is 67.1 Å². The van der Waals surface area contributed by atoms with Crippen LogP contribution in [0.5, 0.6) is 17.2 Å². The van der Waals surface area contributed by atoms with Gasteiger partial charge in [-0.15, -0.1) is 0 Å². The van der Waals surface area contributed by atoms with E-state index in [4.69, 9.17) is 19.0 Å². The number of rotatable bonds is 11. The van der Waals surface area contributed by atoms with Crippen LogP contribution in [0.2, 0.25) is 0 Å². The molecule has 2 aliphatic rings. The highest BCUT2D eigenvalue weighted by molar-refractivity contribution is 5.78. The SMILES string of the molecule is CCCON(CCC)C(=O)CN1CC(c2ccc3c(c2)OCO3)C(C(=O)O)C1c1ccc(OC)cc1. The molecule has 194 valence electrons. The molecule has 2 aromatic carbocycles. The zero-order chi connectivity index (χ0) is 25.7. The van der Waals surface area contributed by atoms with E-state index < -0.39 is 17.9 Å². The number of aliphatic carboxylic acids is 1. The number of amides is 1. The van der Waals surface area contributed by atoms with E-state index in [2.05, 4.69) is 0 Å². The molecule has 0 aromatic heterocycles. The number of benzene rings is 2. The van der Waals surface area contributed by atoms with Crippen LogP contribution >= 0.6 is 0 Å². The van der Waals surface area contributed by atoms with Crippen molar-refractivity contribution in [1.29, 1.82) is 0 Å². The highest BCUT2D eigenvalue weighted by Crippen LogP contribution is 2.47. The Labute approximate surface area is 211 Å². The molecule has 0 saturated carbocycles. The summed E-state index contributed by atoms with van der Waals surface area (Å²) in [5.74, 6) is -0.295. The number of hydrogen-bond donors (Lipinski definition) is 1. The second kappa shape index (κ2) is 11.6. The molecule has 0 spiro atoms. The molecule has 1 saturated heterocycles. The lowest BCUT2D eigenvalue weighted by molar-refractivity contribution is -0.188. The molecule has 9 nitrogen and oxygen atoms in total. The lowest BCUT2D eigenvalue weighted by Gasteiger charge is -2.29. The largest absolute Gasteiger partial charge is 0.497 e. The first-order valence-electron chi connectivity index (χ1n) is 12.4. The molecule has 0 bridgehead atoms. The minimum Gasteiger partial charge on any atom is -0.497 e. The Morgan fingerprint density at radius 2 is 1.78 bits per heavy atom. The molecule has 1 fully saturated rings. The van der Waals surface area contributed by atoms with Crippen LogP contribution in [0.1, 0.15) is 49.8 Å². The Bertz CT molecular complexity index is 1060. The third kappa shape index (κ3) is 5.42. The van der Waals surface area contributed by atoms with Crippen molar-refractivity contribution >= 4 is 11.9 Å². The summed E-state index contributed by atoms with van der Waals surface area (Å²) in [5, 5.41) is 11.8. The Morgan fingerprint density at radius 3 is 2.44 bits per heavy atom. The van der Waals surface area contributed by atoms with Gasteiger partial charge in [0.15, 0.2) is 11.5 Å². The maximum Gasteiger partial charge on any atom is 0.309 e. The van der Waals surface area contributed by atoms with Gasteiger partial charge in [0.05, 0.1) is 26.2 Å². The fourth-order valence-corrected chi connectivity index (χ4v) is 4.99. The number of carboxylic acid groups (broad SMARTS) is 1. The Hall–Kier alpha value is -3.30. The monoisotopic (exact) mass is 498 g/mol. The van der Waals surface area contributed by atoms with Crippen LogP contribution in [0.4, 0.5) is 0 Å². The predicted octanol–water partition coefficient (Wildman–Crippen LogP) is 3.85. The van der Waals surface area contributed by atoms with E-state index in [-0.39, 0.29) is 25.2 Å². The van der Waals surface area contributed by atoms with E-state index in [1.54, 1.807) is 7.11 Å². The lowest BCUT2D eigenvalue weighted by atomic mass is 9.82. The average molecular weight is 499 g/mol. The molecule has 2 heterocycles. The summed E-state index contributed by atoms with van der Waals surface area (Å²) in [6, 6.07) is 12.4. The topological polar surface area (TPSA) is 97.8 Å². The second-order valence-corrected chi connectivity index (χ2v) is 9.06. The van der Waals surface area contributed by atoms with Gasteiger partial charge < -0.3 is 19.3 Å². The molecule has 1 N–H and O–H groups in total. The minimum absolute atomic E-state index is 0.0469. The summed E-state index contributed by atoms with van der Waals surface area (Å²) < 4.78 is 16.3. The zero-order valence-corrected chi connectivity index (χ0v) is 21.0. The van der Waals surface area contributed by atoms with Gasteiger partial charge in [0.25, 0.3) is 5.91 Å². The number of carboxylic acids is 1. The minimum atomic E-state index is -0.916. The first-order valence-corrected chi connectivity index (χ1v) is 12.4. The molecule has 9 heteroatoms. The highest BCUT2D eigenvalue weighted by atomic mass is 16.7. The number of hydrogen-bond acceptors (Lipinski definition) is 7. The quantitative estimate of drug-likeness (QED) is 0.467. The summed E-state index contributed by atoms with van der Waals surface area (Å²) in [4.78, 5) is 33.7. The number of hydroxylamine groups is 2. The number of ether oxygens (including phenoxy) is 3. The van der Waals surface area contributed by atoms with Crippen molar-refractivity contribution in [2.45, 2.75) is 38.6 Å². The normalized spacial score (nSPS) is 20.9. The Balaban J connectivity index is 1.68. The van der Waals surface area contributed by atoms with Crippen molar-refractivity contribution in [2.75, 3.05) is 40.1 Å². The maximum absolute atomic E-state index is 13.3. The molecule has 3 atom stereocenters. The molecule has 3 unspecified atom stereocenters. The van der Waals surface area contributed by atoms with Gasteiger partial charge in [-0.3, -0.25) is 19.3 Å². The molecule has 2 aliphatic heterocycles. The van der Waals surface area contributed by atoms with E-state index in [1.165, 1.54) is 5.06 Å². The standard InChI is InChI=1S/C27H34N2O7/c1-4-12-29(36-13-5-2)24(30)16-28-15-21(19-8-11-22-23(14-19)35-17-34-22)25(27(31)32)26(28)18-6-9-20(33-3)10-7-18/h6-11,14,21,25-26H,4-5,12-13,15-17H2,1-3H3,(H,31,32). The van der Waals surface area contributed by atoms with Gasteiger partial charge >= 0.3 is 5.97 Å². The number of likely N-dealkylation sites (tertiary alicyclic amines) is 1. The number of carbonyl (C=O) groups excluding carboxylic acids is 1. The van der Waals surface area contributed by atoms with Gasteiger partial charge in [0.2, 0.25) is 6.79 Å². The third-order valence-electron chi connectivity index (χ3n) is 6.66. The number of nitrogens with zero attached hydrogens (tertiary/aromatic N) is 2.